The first-order valence-corrected chi connectivity index (χ1v) is 5.00. The van der Waals surface area contributed by atoms with Gasteiger partial charge in [0.25, 0.3) is 5.91 Å². The molecule has 0 aromatic carbocycles. The van der Waals surface area contributed by atoms with E-state index in [-0.39, 0.29) is 5.69 Å². The van der Waals surface area contributed by atoms with E-state index in [4.69, 9.17) is 15.6 Å². The first-order chi connectivity index (χ1) is 8.04. The molecule has 0 bridgehead atoms. The Hall–Kier alpha value is -1.48. The van der Waals surface area contributed by atoms with Crippen molar-refractivity contribution in [1.82, 2.24) is 9.55 Å². The van der Waals surface area contributed by atoms with Crippen LogP contribution in [0.4, 0.5) is 0 Å². The number of nitrogens with zero attached hydrogens (tertiary/aromatic N) is 2. The molecule has 94 valence electrons. The summed E-state index contributed by atoms with van der Waals surface area (Å²) in [5.74, 6) is -0.699. The number of aliphatic hydroxyl groups is 3. The summed E-state index contributed by atoms with van der Waals surface area (Å²) < 4.78 is 6.56. The summed E-state index contributed by atoms with van der Waals surface area (Å²) in [6, 6.07) is 0. The monoisotopic (exact) mass is 243 g/mol. The molecule has 5 N–H and O–H groups in total. The van der Waals surface area contributed by atoms with E-state index in [9.17, 15) is 15.0 Å². The molecule has 0 saturated carbocycles. The van der Waals surface area contributed by atoms with E-state index in [1.807, 2.05) is 0 Å². The van der Waals surface area contributed by atoms with Crippen molar-refractivity contribution in [3.63, 3.8) is 0 Å². The minimum absolute atomic E-state index is 0.0303. The van der Waals surface area contributed by atoms with Gasteiger partial charge in [0.05, 0.1) is 12.9 Å². The van der Waals surface area contributed by atoms with Gasteiger partial charge >= 0.3 is 0 Å². The van der Waals surface area contributed by atoms with Crippen molar-refractivity contribution in [3.8, 4) is 0 Å². The molecule has 1 aliphatic heterocycles. The molecule has 1 aromatic heterocycles. The van der Waals surface area contributed by atoms with E-state index in [1.54, 1.807) is 0 Å². The van der Waals surface area contributed by atoms with Crippen LogP contribution in [0.5, 0.6) is 0 Å². The van der Waals surface area contributed by atoms with Gasteiger partial charge in [0.1, 0.15) is 24.0 Å². The Morgan fingerprint density at radius 2 is 2.24 bits per heavy atom. The van der Waals surface area contributed by atoms with Crippen molar-refractivity contribution in [3.05, 3.63) is 18.2 Å². The molecule has 1 aromatic rings. The number of aromatic nitrogens is 2. The van der Waals surface area contributed by atoms with Gasteiger partial charge in [-0.1, -0.05) is 0 Å². The zero-order chi connectivity index (χ0) is 12.6. The van der Waals surface area contributed by atoms with Gasteiger partial charge in [-0.3, -0.25) is 4.79 Å². The zero-order valence-electron chi connectivity index (χ0n) is 8.80. The Morgan fingerprint density at radius 1 is 1.53 bits per heavy atom. The second kappa shape index (κ2) is 4.41. The van der Waals surface area contributed by atoms with Gasteiger partial charge in [-0.2, -0.15) is 0 Å². The third kappa shape index (κ3) is 2.03. The van der Waals surface area contributed by atoms with Gasteiger partial charge < -0.3 is 30.4 Å². The lowest BCUT2D eigenvalue weighted by atomic mass is 10.1. The second-order valence-corrected chi connectivity index (χ2v) is 3.80. The lowest BCUT2D eigenvalue weighted by molar-refractivity contribution is -0.0528. The van der Waals surface area contributed by atoms with E-state index in [1.165, 1.54) is 17.1 Å². The predicted molar refractivity (Wildman–Crippen MR) is 53.8 cm³/mol. The third-order valence-corrected chi connectivity index (χ3v) is 2.66. The highest BCUT2D eigenvalue weighted by atomic mass is 16.6. The van der Waals surface area contributed by atoms with E-state index >= 15 is 0 Å². The molecular formula is C9H13N3O5. The van der Waals surface area contributed by atoms with Crippen molar-refractivity contribution in [2.75, 3.05) is 6.61 Å². The molecule has 2 heterocycles. The van der Waals surface area contributed by atoms with Crippen LogP contribution in [0.1, 0.15) is 16.7 Å². The topological polar surface area (TPSA) is 131 Å². The van der Waals surface area contributed by atoms with Crippen molar-refractivity contribution in [2.45, 2.75) is 24.5 Å². The van der Waals surface area contributed by atoms with Gasteiger partial charge in [0.2, 0.25) is 0 Å². The first kappa shape index (κ1) is 12.0. The summed E-state index contributed by atoms with van der Waals surface area (Å²) in [4.78, 5) is 14.6. The molecule has 0 spiro atoms. The van der Waals surface area contributed by atoms with E-state index in [0.29, 0.717) is 0 Å². The average Bonchev–Trinajstić information content (AvgIpc) is 2.87. The third-order valence-electron chi connectivity index (χ3n) is 2.66. The highest BCUT2D eigenvalue weighted by Gasteiger charge is 2.43. The Labute approximate surface area is 96.3 Å². The number of nitrogens with two attached hydrogens (primary N) is 1. The normalized spacial score (nSPS) is 32.9. The van der Waals surface area contributed by atoms with Crippen molar-refractivity contribution >= 4 is 5.91 Å². The quantitative estimate of drug-likeness (QED) is 0.468. The fraction of sp³-hybridized carbons (Fsp3) is 0.556. The summed E-state index contributed by atoms with van der Waals surface area (Å²) in [5, 5.41) is 28.2. The molecule has 1 saturated heterocycles. The molecule has 8 heteroatoms. The fourth-order valence-electron chi connectivity index (χ4n) is 1.73. The van der Waals surface area contributed by atoms with Crippen molar-refractivity contribution in [1.29, 1.82) is 0 Å². The Bertz CT molecular complexity index is 421. The average molecular weight is 243 g/mol. The number of amides is 1. The molecule has 1 amide bonds. The van der Waals surface area contributed by atoms with Crippen LogP contribution in [-0.4, -0.2) is 55.7 Å². The SMILES string of the molecule is NC(=O)c1cn(C2O[C@@H](CO)[C@H](O)[C@@H]2O)cn1. The Morgan fingerprint density at radius 3 is 2.71 bits per heavy atom. The molecule has 0 aliphatic carbocycles. The van der Waals surface area contributed by atoms with Crippen LogP contribution in [0.15, 0.2) is 12.5 Å². The van der Waals surface area contributed by atoms with Gasteiger partial charge in [-0.25, -0.2) is 4.98 Å². The van der Waals surface area contributed by atoms with E-state index < -0.39 is 37.1 Å². The minimum Gasteiger partial charge on any atom is -0.394 e. The minimum atomic E-state index is -1.21. The lowest BCUT2D eigenvalue weighted by Gasteiger charge is -2.15. The fourth-order valence-corrected chi connectivity index (χ4v) is 1.73. The molecule has 4 atom stereocenters. The summed E-state index contributed by atoms with van der Waals surface area (Å²) >= 11 is 0. The van der Waals surface area contributed by atoms with Crippen LogP contribution >= 0.6 is 0 Å². The molecule has 1 unspecified atom stereocenters. The smallest absolute Gasteiger partial charge is 0.268 e. The van der Waals surface area contributed by atoms with E-state index in [0.717, 1.165) is 0 Å². The van der Waals surface area contributed by atoms with Gasteiger partial charge in [-0.05, 0) is 0 Å². The van der Waals surface area contributed by atoms with Gasteiger partial charge in [-0.15, -0.1) is 0 Å². The standard InChI is InChI=1S/C9H13N3O5/c10-8(16)4-1-12(3-11-4)9-7(15)6(14)5(2-13)17-9/h1,3,5-7,9,13-15H,2H2,(H2,10,16)/t5-,6-,7-,9?/m0/s1. The van der Waals surface area contributed by atoms with Crippen LogP contribution in [0.25, 0.3) is 0 Å². The second-order valence-electron chi connectivity index (χ2n) is 3.80. The number of hydrogen-bond donors (Lipinski definition) is 4. The highest BCUT2D eigenvalue weighted by Crippen LogP contribution is 2.29. The van der Waals surface area contributed by atoms with Crippen LogP contribution in [0, 0.1) is 0 Å². The van der Waals surface area contributed by atoms with Gasteiger partial charge in [0.15, 0.2) is 6.23 Å². The van der Waals surface area contributed by atoms with Crippen molar-refractivity contribution < 1.29 is 24.9 Å². The van der Waals surface area contributed by atoms with Crippen molar-refractivity contribution in [2.24, 2.45) is 5.73 Å². The maximum atomic E-state index is 10.8. The number of carbonyl (C=O) groups excluding carboxylic acids is 1. The molecule has 1 fully saturated rings. The number of ether oxygens (including phenoxy) is 1. The summed E-state index contributed by atoms with van der Waals surface area (Å²) in [6.45, 7) is -0.411. The number of aliphatic hydroxyl groups excluding tert-OH is 3. The van der Waals surface area contributed by atoms with Crippen LogP contribution in [0.3, 0.4) is 0 Å². The molecule has 8 nitrogen and oxygen atoms in total. The Balaban J connectivity index is 2.19. The Kier molecular flexibility index (Phi) is 3.11. The van der Waals surface area contributed by atoms with Crippen LogP contribution < -0.4 is 5.73 Å². The molecule has 0 radical (unpaired) electrons. The van der Waals surface area contributed by atoms with Gasteiger partial charge in [0, 0.05) is 6.20 Å². The van der Waals surface area contributed by atoms with E-state index in [2.05, 4.69) is 4.98 Å². The molecule has 1 aliphatic rings. The highest BCUT2D eigenvalue weighted by molar-refractivity contribution is 5.90. The summed E-state index contributed by atoms with van der Waals surface area (Å²) in [7, 11) is 0. The molecule has 2 rings (SSSR count). The molecular weight excluding hydrogens is 230 g/mol. The zero-order valence-corrected chi connectivity index (χ0v) is 8.80. The summed E-state index contributed by atoms with van der Waals surface area (Å²) in [6.07, 6.45) is -1.59. The number of carbonyl (C=O) groups is 1. The number of rotatable bonds is 3. The molecule has 17 heavy (non-hydrogen) atoms. The predicted octanol–water partition coefficient (Wildman–Crippen LogP) is -2.41. The summed E-state index contributed by atoms with van der Waals surface area (Å²) in [5.41, 5.74) is 5.06. The number of hydrogen-bond acceptors (Lipinski definition) is 6. The first-order valence-electron chi connectivity index (χ1n) is 5.00. The maximum absolute atomic E-state index is 10.8. The van der Waals surface area contributed by atoms with Crippen LogP contribution in [0.2, 0.25) is 0 Å². The largest absolute Gasteiger partial charge is 0.394 e. The number of imidazole rings is 1. The van der Waals surface area contributed by atoms with Crippen LogP contribution in [-0.2, 0) is 4.74 Å². The maximum Gasteiger partial charge on any atom is 0.268 e. The lowest BCUT2D eigenvalue weighted by Crippen LogP contribution is -2.33. The number of primary amides is 1.